The van der Waals surface area contributed by atoms with Crippen molar-refractivity contribution >= 4 is 132 Å². The Balaban J connectivity index is 0.000000154. The summed E-state index contributed by atoms with van der Waals surface area (Å²) in [4.78, 5) is 0. The molecule has 0 atom stereocenters. The van der Waals surface area contributed by atoms with Crippen LogP contribution in [0.1, 0.15) is 0 Å². The summed E-state index contributed by atoms with van der Waals surface area (Å²) in [7, 11) is -13.6. The number of anilines is 8. The Hall–Kier alpha value is -8.50. The van der Waals surface area contributed by atoms with Gasteiger partial charge >= 0.3 is 0 Å². The SMILES string of the molecule is ClP1(Cl)=NP(Nc2ccc3c(c2)OCCO3)(Nc2ccc3c(c2)OCCO3)=NP(Nc2ccc3c(c2)OCCO3)(Nc2ccc3c(c2)OCCO3)=N1.ClP1(Cl)=NP(Nc2ccc3c(c2)OCCO3)(Nc2ccc3c(c2)OCCO3)=NP(Nc2ccc3c(c2)OCCO3)(Nc2ccc3c(c2)OCCO3)=N1. The lowest BCUT2D eigenvalue weighted by Gasteiger charge is -2.35. The van der Waals surface area contributed by atoms with Crippen LogP contribution in [0.15, 0.2) is 173 Å². The van der Waals surface area contributed by atoms with Crippen LogP contribution >= 0.6 is 86.8 Å². The van der Waals surface area contributed by atoms with E-state index < -0.39 is 41.8 Å². The third-order valence-corrected chi connectivity index (χ3v) is 37.2. The third kappa shape index (κ3) is 15.5. The zero-order valence-electron chi connectivity index (χ0n) is 54.6. The standard InChI is InChI=1S/2C32H32Cl2N7O8P3/c2*33-50(34)39-51(35-21-1-5-25-29(17-21)46-13-9-42-25,36-22-2-6-26-30(18-22)47-14-10-43-26)41-52(40-50,37-23-3-7-27-31(19-23)48-15-11-44-27)38-24-4-8-28-32(20-24)49-16-12-45-28/h2*1-8,17-20,35-38H,9-16H2. The maximum absolute atomic E-state index is 7.17. The summed E-state index contributed by atoms with van der Waals surface area (Å²) in [5.74, 6) is 2.74. The molecule has 0 fully saturated rings. The fraction of sp³-hybridized carbons (Fsp3) is 0.250. The van der Waals surface area contributed by atoms with E-state index in [1.54, 1.807) is 0 Å². The molecule has 0 bridgehead atoms. The van der Waals surface area contributed by atoms with Crippen molar-refractivity contribution in [3.63, 3.8) is 0 Å². The summed E-state index contributed by atoms with van der Waals surface area (Å²) >= 11 is 28.7. The van der Waals surface area contributed by atoms with Crippen LogP contribution in [0, 0.1) is 0 Å². The van der Waals surface area contributed by atoms with E-state index in [-0.39, 0.29) is 0 Å². The number of nitrogens with zero attached hydrogens (tertiary/aromatic N) is 6. The lowest BCUT2D eigenvalue weighted by molar-refractivity contribution is 0.171. The van der Waals surface area contributed by atoms with Gasteiger partial charge in [0.05, 0.1) is 0 Å². The van der Waals surface area contributed by atoms with Crippen LogP contribution < -0.4 is 116 Å². The molecule has 10 aliphatic heterocycles. The van der Waals surface area contributed by atoms with Crippen LogP contribution in [0.5, 0.6) is 92.0 Å². The quantitative estimate of drug-likeness (QED) is 0.0417. The minimum Gasteiger partial charge on any atom is -0.486 e. The number of rotatable bonds is 16. The molecule has 10 heterocycles. The molecule has 8 N–H and O–H groups in total. The summed E-state index contributed by atoms with van der Waals surface area (Å²) in [6, 6.07) is 44.3. The molecule has 18 rings (SSSR count). The largest absolute Gasteiger partial charge is 0.486 e. The minimum absolute atomic E-state index is 0.422. The summed E-state index contributed by atoms with van der Waals surface area (Å²) in [6.45, 7) is 7.08. The second kappa shape index (κ2) is 28.8. The Bertz CT molecular complexity index is 4280. The second-order valence-corrected chi connectivity index (χ2v) is 43.0. The summed E-state index contributed by atoms with van der Waals surface area (Å²) in [5.41, 5.74) is 5.13. The second-order valence-electron chi connectivity index (χ2n) is 23.6. The van der Waals surface area contributed by atoms with Gasteiger partial charge < -0.3 is 116 Å². The molecule has 0 radical (unpaired) electrons. The first-order valence-electron chi connectivity index (χ1n) is 32.7. The number of nitrogens with one attached hydrogen (secondary N) is 8. The van der Waals surface area contributed by atoms with E-state index in [1.807, 2.05) is 146 Å². The van der Waals surface area contributed by atoms with E-state index in [9.17, 15) is 0 Å². The topological polar surface area (TPSA) is 318 Å². The molecule has 0 aromatic heterocycles. The van der Waals surface area contributed by atoms with Gasteiger partial charge in [0.25, 0.3) is 41.8 Å². The van der Waals surface area contributed by atoms with E-state index in [0.717, 1.165) is 0 Å². The monoisotopic (exact) mass is 1610 g/mol. The molecule has 0 amide bonds. The van der Waals surface area contributed by atoms with Gasteiger partial charge in [-0.25, -0.2) is 0 Å². The van der Waals surface area contributed by atoms with Crippen molar-refractivity contribution in [2.45, 2.75) is 0 Å². The number of ether oxygens (including phenoxy) is 16. The smallest absolute Gasteiger partial charge is 0.267 e. The van der Waals surface area contributed by atoms with Gasteiger partial charge in [-0.1, -0.05) is 0 Å². The highest BCUT2D eigenvalue weighted by molar-refractivity contribution is 8.14. The number of fused-ring (bicyclic) bond motifs is 8. The van der Waals surface area contributed by atoms with Crippen molar-refractivity contribution in [2.75, 3.05) is 146 Å². The Morgan fingerprint density at radius 2 is 0.317 bits per heavy atom. The van der Waals surface area contributed by atoms with Gasteiger partial charge in [-0.15, -0.1) is 0 Å². The van der Waals surface area contributed by atoms with Gasteiger partial charge in [0.2, 0.25) is 0 Å². The minimum atomic E-state index is -3.49. The average Bonchev–Trinajstić information content (AvgIpc) is 0.743. The van der Waals surface area contributed by atoms with Crippen LogP contribution in [0.3, 0.4) is 0 Å². The van der Waals surface area contributed by atoms with Gasteiger partial charge in [-0.2, -0.15) is 27.1 Å². The van der Waals surface area contributed by atoms with Crippen LogP contribution in [-0.2, 0) is 0 Å². The van der Waals surface area contributed by atoms with Crippen LogP contribution in [-0.4, -0.2) is 106 Å². The fourth-order valence-corrected chi connectivity index (χ4v) is 36.8. The van der Waals surface area contributed by atoms with E-state index in [1.165, 1.54) is 0 Å². The molecule has 0 saturated carbocycles. The molecule has 0 unspecified atom stereocenters. The molecule has 544 valence electrons. The number of halogens is 4. The first-order valence-corrected chi connectivity index (χ1v) is 46.4. The zero-order valence-corrected chi connectivity index (χ0v) is 63.0. The highest BCUT2D eigenvalue weighted by Gasteiger charge is 2.41. The molecule has 8 aromatic rings. The molecule has 0 saturated heterocycles. The number of benzene rings is 8. The normalized spacial score (nSPS) is 19.3. The number of hydrogen-bond acceptors (Lipinski definition) is 30. The molecule has 8 aromatic carbocycles. The molecule has 104 heavy (non-hydrogen) atoms. The van der Waals surface area contributed by atoms with Crippen LogP contribution in [0.2, 0.25) is 0 Å². The van der Waals surface area contributed by atoms with Crippen molar-refractivity contribution in [1.82, 2.24) is 0 Å². The first kappa shape index (κ1) is 68.6. The highest BCUT2D eigenvalue weighted by Crippen LogP contribution is 2.83. The van der Waals surface area contributed by atoms with Gasteiger partial charge in [-0.3, -0.25) is 0 Å². The molecular weight excluding hydrogens is 1550 g/mol. The van der Waals surface area contributed by atoms with Crippen LogP contribution in [0.25, 0.3) is 0 Å². The predicted octanol–water partition coefficient (Wildman–Crippen LogP) is 19.7. The van der Waals surface area contributed by atoms with Gasteiger partial charge in [-0.05, 0) is 142 Å². The molecule has 10 aliphatic rings. The Morgan fingerprint density at radius 3 is 0.471 bits per heavy atom. The molecule has 0 spiro atoms. The molecular formula is C64H64Cl4N14O16P6. The summed E-state index contributed by atoms with van der Waals surface area (Å²) in [6.07, 6.45) is 0. The Labute approximate surface area is 615 Å². The van der Waals surface area contributed by atoms with Crippen molar-refractivity contribution < 1.29 is 75.8 Å². The average molecular weight is 1610 g/mol. The van der Waals surface area contributed by atoms with Crippen molar-refractivity contribution in [3.8, 4) is 92.0 Å². The van der Waals surface area contributed by atoms with E-state index in [2.05, 4.69) is 40.7 Å². The van der Waals surface area contributed by atoms with E-state index in [0.29, 0.717) is 243 Å². The lowest BCUT2D eigenvalue weighted by atomic mass is 10.3. The van der Waals surface area contributed by atoms with Crippen molar-refractivity contribution in [2.24, 2.45) is 27.1 Å². The molecule has 30 nitrogen and oxygen atoms in total. The van der Waals surface area contributed by atoms with Crippen LogP contribution in [0.4, 0.5) is 45.5 Å². The Kier molecular flexibility index (Phi) is 19.0. The maximum atomic E-state index is 7.17. The van der Waals surface area contributed by atoms with Gasteiger partial charge in [0.15, 0.2) is 92.0 Å². The van der Waals surface area contributed by atoms with E-state index >= 15 is 0 Å². The molecule has 0 aliphatic carbocycles. The fourth-order valence-electron chi connectivity index (χ4n) is 11.9. The third-order valence-electron chi connectivity index (χ3n) is 16.1. The van der Waals surface area contributed by atoms with Crippen molar-refractivity contribution in [1.29, 1.82) is 0 Å². The maximum Gasteiger partial charge on any atom is 0.267 e. The molecule has 40 heteroatoms. The summed E-state index contributed by atoms with van der Waals surface area (Å²) in [5, 5.41) is 28.6. The Morgan fingerprint density at radius 1 is 0.183 bits per heavy atom. The highest BCUT2D eigenvalue weighted by atomic mass is 35.9. The van der Waals surface area contributed by atoms with Gasteiger partial charge in [0, 0.05) is 94.0 Å². The van der Waals surface area contributed by atoms with Gasteiger partial charge in [0.1, 0.15) is 106 Å². The van der Waals surface area contributed by atoms with E-state index in [4.69, 9.17) is 148 Å². The van der Waals surface area contributed by atoms with Crippen molar-refractivity contribution in [3.05, 3.63) is 146 Å². The summed E-state index contributed by atoms with van der Waals surface area (Å²) < 4.78 is 124. The zero-order chi connectivity index (χ0) is 70.4. The number of hydrogen-bond donors (Lipinski definition) is 8. The first-order chi connectivity index (χ1) is 50.6. The lowest BCUT2D eigenvalue weighted by Crippen LogP contribution is -2.17. The predicted molar refractivity (Wildman–Crippen MR) is 408 cm³/mol.